The molecule has 0 fully saturated rings. The Labute approximate surface area is 225 Å². The van der Waals surface area contributed by atoms with Gasteiger partial charge in [0.1, 0.15) is 12.5 Å². The quantitative estimate of drug-likeness (QED) is 0.328. The van der Waals surface area contributed by atoms with E-state index in [1.54, 1.807) is 48.5 Å². The van der Waals surface area contributed by atoms with Gasteiger partial charge in [-0.3, -0.25) is 19.6 Å². The number of pyridine rings is 1. The minimum Gasteiger partial charge on any atom is -0.324 e. The largest absolute Gasteiger partial charge is 0.330 e. The number of aryl methyl sites for hydroxylation is 3. The molecular formula is C29H28FN7O2. The van der Waals surface area contributed by atoms with Crippen LogP contribution in [0.2, 0.25) is 0 Å². The molecule has 0 unspecified atom stereocenters. The van der Waals surface area contributed by atoms with Crippen molar-refractivity contribution < 1.29 is 14.0 Å². The SMILES string of the molecule is Cc1cc(Nc2ncc3c(n2)N(C)C(=O)N(c2cc(NC(=O)c4cccc(CF)c4)ccc2C)C3)cc(C)n1. The van der Waals surface area contributed by atoms with Crippen molar-refractivity contribution in [2.24, 2.45) is 0 Å². The van der Waals surface area contributed by atoms with Gasteiger partial charge in [0.2, 0.25) is 5.95 Å². The number of rotatable bonds is 6. The van der Waals surface area contributed by atoms with Gasteiger partial charge in [-0.05, 0) is 68.3 Å². The number of nitrogens with one attached hydrogen (secondary N) is 2. The highest BCUT2D eigenvalue weighted by atomic mass is 19.1. The lowest BCUT2D eigenvalue weighted by Crippen LogP contribution is -2.46. The van der Waals surface area contributed by atoms with Gasteiger partial charge in [0.25, 0.3) is 5.91 Å². The van der Waals surface area contributed by atoms with E-state index in [9.17, 15) is 14.0 Å². The Morgan fingerprint density at radius 3 is 2.51 bits per heavy atom. The first-order chi connectivity index (χ1) is 18.7. The molecule has 1 aliphatic rings. The van der Waals surface area contributed by atoms with Crippen LogP contribution in [0.4, 0.5) is 38.0 Å². The van der Waals surface area contributed by atoms with Gasteiger partial charge in [-0.15, -0.1) is 0 Å². The van der Waals surface area contributed by atoms with Crippen LogP contribution in [-0.4, -0.2) is 33.9 Å². The Bertz CT molecular complexity index is 1570. The average molecular weight is 526 g/mol. The van der Waals surface area contributed by atoms with E-state index in [0.29, 0.717) is 34.3 Å². The average Bonchev–Trinajstić information content (AvgIpc) is 2.91. The number of nitrogens with zero attached hydrogens (tertiary/aromatic N) is 5. The van der Waals surface area contributed by atoms with Crippen molar-refractivity contribution in [2.75, 3.05) is 27.5 Å². The molecule has 0 saturated carbocycles. The molecule has 5 rings (SSSR count). The minimum absolute atomic E-state index is 0.259. The third-order valence-corrected chi connectivity index (χ3v) is 6.44. The highest BCUT2D eigenvalue weighted by Gasteiger charge is 2.31. The molecular weight excluding hydrogens is 497 g/mol. The number of halogens is 1. The maximum Gasteiger partial charge on any atom is 0.330 e. The molecule has 0 radical (unpaired) electrons. The summed E-state index contributed by atoms with van der Waals surface area (Å²) in [6.07, 6.45) is 1.71. The molecule has 1 aliphatic heterocycles. The number of benzene rings is 2. The zero-order chi connectivity index (χ0) is 27.7. The van der Waals surface area contributed by atoms with Crippen LogP contribution in [0.1, 0.15) is 38.4 Å². The van der Waals surface area contributed by atoms with Gasteiger partial charge < -0.3 is 10.6 Å². The monoisotopic (exact) mass is 525 g/mol. The van der Waals surface area contributed by atoms with Crippen LogP contribution in [0.25, 0.3) is 0 Å². The predicted molar refractivity (Wildman–Crippen MR) is 149 cm³/mol. The molecule has 4 aromatic rings. The van der Waals surface area contributed by atoms with E-state index in [2.05, 4.69) is 25.6 Å². The summed E-state index contributed by atoms with van der Waals surface area (Å²) >= 11 is 0. The third kappa shape index (κ3) is 5.40. The van der Waals surface area contributed by atoms with Crippen LogP contribution in [0.15, 0.2) is 60.8 Å². The number of fused-ring (bicyclic) bond motifs is 1. The number of anilines is 5. The Morgan fingerprint density at radius 1 is 1.00 bits per heavy atom. The molecule has 0 aliphatic carbocycles. The zero-order valence-corrected chi connectivity index (χ0v) is 22.1. The summed E-state index contributed by atoms with van der Waals surface area (Å²) in [4.78, 5) is 42.8. The molecule has 0 spiro atoms. The van der Waals surface area contributed by atoms with Crippen LogP contribution in [0, 0.1) is 20.8 Å². The normalized spacial score (nSPS) is 12.8. The number of carbonyl (C=O) groups excluding carboxylic acids is 2. The van der Waals surface area contributed by atoms with Gasteiger partial charge in [0.15, 0.2) is 0 Å². The fourth-order valence-corrected chi connectivity index (χ4v) is 4.57. The molecule has 198 valence electrons. The molecule has 3 amide bonds. The third-order valence-electron chi connectivity index (χ3n) is 6.44. The summed E-state index contributed by atoms with van der Waals surface area (Å²) in [5, 5.41) is 6.04. The maximum atomic E-state index is 13.5. The number of aromatic nitrogens is 3. The number of carbonyl (C=O) groups is 2. The van der Waals surface area contributed by atoms with Crippen molar-refractivity contribution in [3.8, 4) is 0 Å². The lowest BCUT2D eigenvalue weighted by atomic mass is 10.1. The number of urea groups is 1. The number of alkyl halides is 1. The van der Waals surface area contributed by atoms with E-state index in [1.807, 2.05) is 39.0 Å². The first kappa shape index (κ1) is 25.8. The predicted octanol–water partition coefficient (Wildman–Crippen LogP) is 5.84. The van der Waals surface area contributed by atoms with Gasteiger partial charge in [0, 0.05) is 47.1 Å². The van der Waals surface area contributed by atoms with Gasteiger partial charge in [-0.2, -0.15) is 4.98 Å². The van der Waals surface area contributed by atoms with Crippen molar-refractivity contribution in [1.82, 2.24) is 15.0 Å². The van der Waals surface area contributed by atoms with Crippen LogP contribution in [0.3, 0.4) is 0 Å². The summed E-state index contributed by atoms with van der Waals surface area (Å²) in [6, 6.07) is 15.3. The molecule has 0 saturated heterocycles. The Morgan fingerprint density at radius 2 is 1.77 bits per heavy atom. The molecule has 3 heterocycles. The lowest BCUT2D eigenvalue weighted by molar-refractivity contribution is 0.102. The zero-order valence-electron chi connectivity index (χ0n) is 22.1. The summed E-state index contributed by atoms with van der Waals surface area (Å²) in [5.41, 5.74) is 6.16. The Balaban J connectivity index is 1.38. The topological polar surface area (TPSA) is 103 Å². The van der Waals surface area contributed by atoms with E-state index < -0.39 is 6.67 Å². The summed E-state index contributed by atoms with van der Waals surface area (Å²) in [7, 11) is 1.67. The van der Waals surface area contributed by atoms with Gasteiger partial charge in [0.05, 0.1) is 12.2 Å². The van der Waals surface area contributed by atoms with Crippen LogP contribution in [0.5, 0.6) is 0 Å². The van der Waals surface area contributed by atoms with E-state index in [-0.39, 0.29) is 18.5 Å². The van der Waals surface area contributed by atoms with E-state index in [1.165, 1.54) is 11.0 Å². The molecule has 2 aromatic heterocycles. The molecule has 0 bridgehead atoms. The highest BCUT2D eigenvalue weighted by Crippen LogP contribution is 2.33. The van der Waals surface area contributed by atoms with Crippen LogP contribution < -0.4 is 20.4 Å². The smallest absolute Gasteiger partial charge is 0.324 e. The molecule has 10 heteroatoms. The van der Waals surface area contributed by atoms with Crippen molar-refractivity contribution in [1.29, 1.82) is 0 Å². The summed E-state index contributed by atoms with van der Waals surface area (Å²) in [5.74, 6) is 0.538. The second-order valence-electron chi connectivity index (χ2n) is 9.52. The lowest BCUT2D eigenvalue weighted by Gasteiger charge is -2.35. The molecule has 39 heavy (non-hydrogen) atoms. The second kappa shape index (κ2) is 10.5. The van der Waals surface area contributed by atoms with Crippen molar-refractivity contribution in [2.45, 2.75) is 34.0 Å². The van der Waals surface area contributed by atoms with Crippen molar-refractivity contribution in [3.05, 3.63) is 94.4 Å². The second-order valence-corrected chi connectivity index (χ2v) is 9.52. The van der Waals surface area contributed by atoms with E-state index in [0.717, 1.165) is 28.2 Å². The van der Waals surface area contributed by atoms with E-state index >= 15 is 0 Å². The van der Waals surface area contributed by atoms with E-state index in [4.69, 9.17) is 0 Å². The fraction of sp³-hybridized carbons (Fsp3) is 0.207. The molecule has 9 nitrogen and oxygen atoms in total. The Hall–Kier alpha value is -4.86. The number of hydrogen-bond donors (Lipinski definition) is 2. The van der Waals surface area contributed by atoms with Crippen molar-refractivity contribution >= 4 is 40.8 Å². The van der Waals surface area contributed by atoms with Crippen LogP contribution in [-0.2, 0) is 13.2 Å². The maximum absolute atomic E-state index is 13.5. The molecule has 0 atom stereocenters. The van der Waals surface area contributed by atoms with Gasteiger partial charge in [-0.1, -0.05) is 18.2 Å². The summed E-state index contributed by atoms with van der Waals surface area (Å²) < 4.78 is 13.0. The minimum atomic E-state index is -0.647. The Kier molecular flexibility index (Phi) is 6.93. The van der Waals surface area contributed by atoms with Gasteiger partial charge >= 0.3 is 6.03 Å². The van der Waals surface area contributed by atoms with Crippen LogP contribution >= 0.6 is 0 Å². The first-order valence-electron chi connectivity index (χ1n) is 12.4. The summed E-state index contributed by atoms with van der Waals surface area (Å²) in [6.45, 7) is 5.35. The van der Waals surface area contributed by atoms with Crippen molar-refractivity contribution in [3.63, 3.8) is 0 Å². The molecule has 2 N–H and O–H groups in total. The number of hydrogen-bond acceptors (Lipinski definition) is 6. The fourth-order valence-electron chi connectivity index (χ4n) is 4.57. The number of amides is 3. The molecule has 2 aromatic carbocycles. The first-order valence-corrected chi connectivity index (χ1v) is 12.4. The highest BCUT2D eigenvalue weighted by molar-refractivity contribution is 6.07. The standard InChI is InChI=1S/C29H28FN7O2/c1-17-8-9-23(33-27(38)21-7-5-6-20(12-21)14-30)13-25(17)37-16-22-15-31-28(35-26(22)36(4)29(37)39)34-24-10-18(2)32-19(3)11-24/h5-13,15H,14,16H2,1-4H3,(H,33,38)(H,31,32,34,35). The van der Waals surface area contributed by atoms with Gasteiger partial charge in [-0.25, -0.2) is 14.2 Å².